The molecule has 0 saturated carbocycles. The first-order valence-corrected chi connectivity index (χ1v) is 6.32. The van der Waals surface area contributed by atoms with Crippen LogP contribution in [0.5, 0.6) is 0 Å². The maximum atomic E-state index is 12.8. The van der Waals surface area contributed by atoms with Gasteiger partial charge in [0.05, 0.1) is 0 Å². The van der Waals surface area contributed by atoms with Gasteiger partial charge in [-0.25, -0.2) is 4.39 Å². The molecule has 0 radical (unpaired) electrons. The summed E-state index contributed by atoms with van der Waals surface area (Å²) in [6.07, 6.45) is 0. The topological polar surface area (TPSA) is 29.3 Å². The van der Waals surface area contributed by atoms with Gasteiger partial charge in [-0.15, -0.1) is 0 Å². The predicted molar refractivity (Wildman–Crippen MR) is 77.2 cm³/mol. The van der Waals surface area contributed by atoms with Crippen LogP contribution >= 0.6 is 0 Å². The van der Waals surface area contributed by atoms with Gasteiger partial charge in [-0.2, -0.15) is 0 Å². The van der Waals surface area contributed by atoms with Crippen LogP contribution in [-0.4, -0.2) is 11.9 Å². The molecule has 0 fully saturated rings. The standard InChI is InChI=1S/C16H19FN2/c1-12-3-4-14(9-16(12)18)11-19(2)10-13-5-7-15(17)8-6-13/h3-9H,10-11,18H2,1-2H3. The van der Waals surface area contributed by atoms with Gasteiger partial charge in [-0.05, 0) is 48.9 Å². The normalized spacial score (nSPS) is 10.9. The van der Waals surface area contributed by atoms with Crippen molar-refractivity contribution in [2.75, 3.05) is 12.8 Å². The Hall–Kier alpha value is -1.87. The Morgan fingerprint density at radius 1 is 1.00 bits per heavy atom. The van der Waals surface area contributed by atoms with Gasteiger partial charge in [-0.1, -0.05) is 24.3 Å². The van der Waals surface area contributed by atoms with E-state index in [0.717, 1.165) is 29.9 Å². The summed E-state index contributed by atoms with van der Waals surface area (Å²) in [4.78, 5) is 2.18. The third-order valence-electron chi connectivity index (χ3n) is 3.16. The second-order valence-corrected chi connectivity index (χ2v) is 4.99. The molecule has 0 unspecified atom stereocenters. The highest BCUT2D eigenvalue weighted by atomic mass is 19.1. The van der Waals surface area contributed by atoms with E-state index >= 15 is 0 Å². The van der Waals surface area contributed by atoms with E-state index in [2.05, 4.69) is 11.0 Å². The molecular formula is C16H19FN2. The van der Waals surface area contributed by atoms with Crippen molar-refractivity contribution in [2.24, 2.45) is 0 Å². The van der Waals surface area contributed by atoms with Crippen molar-refractivity contribution >= 4 is 5.69 Å². The zero-order valence-corrected chi connectivity index (χ0v) is 11.4. The predicted octanol–water partition coefficient (Wildman–Crippen LogP) is 3.35. The molecular weight excluding hydrogens is 239 g/mol. The molecule has 100 valence electrons. The molecule has 2 aromatic rings. The van der Waals surface area contributed by atoms with Gasteiger partial charge in [0.2, 0.25) is 0 Å². The van der Waals surface area contributed by atoms with E-state index in [1.807, 2.05) is 38.2 Å². The maximum Gasteiger partial charge on any atom is 0.123 e. The largest absolute Gasteiger partial charge is 0.399 e. The molecule has 0 aliphatic rings. The van der Waals surface area contributed by atoms with E-state index in [4.69, 9.17) is 5.73 Å². The molecule has 2 aromatic carbocycles. The van der Waals surface area contributed by atoms with Crippen LogP contribution in [0.2, 0.25) is 0 Å². The highest BCUT2D eigenvalue weighted by Crippen LogP contribution is 2.15. The van der Waals surface area contributed by atoms with Crippen LogP contribution < -0.4 is 5.73 Å². The van der Waals surface area contributed by atoms with Crippen molar-refractivity contribution < 1.29 is 4.39 Å². The lowest BCUT2D eigenvalue weighted by atomic mass is 10.1. The number of nitrogens with zero attached hydrogens (tertiary/aromatic N) is 1. The van der Waals surface area contributed by atoms with E-state index in [1.165, 1.54) is 17.7 Å². The molecule has 0 amide bonds. The third-order valence-corrected chi connectivity index (χ3v) is 3.16. The quantitative estimate of drug-likeness (QED) is 0.852. The number of aryl methyl sites for hydroxylation is 1. The van der Waals surface area contributed by atoms with Crippen LogP contribution in [0, 0.1) is 12.7 Å². The molecule has 0 heterocycles. The lowest BCUT2D eigenvalue weighted by Crippen LogP contribution is -2.17. The average molecular weight is 258 g/mol. The van der Waals surface area contributed by atoms with Crippen molar-refractivity contribution in [3.05, 3.63) is 65.0 Å². The van der Waals surface area contributed by atoms with E-state index in [0.29, 0.717) is 0 Å². The summed E-state index contributed by atoms with van der Waals surface area (Å²) in [7, 11) is 2.04. The number of halogens is 1. The number of benzene rings is 2. The van der Waals surface area contributed by atoms with E-state index in [1.54, 1.807) is 0 Å². The van der Waals surface area contributed by atoms with Crippen molar-refractivity contribution in [2.45, 2.75) is 20.0 Å². The highest BCUT2D eigenvalue weighted by Gasteiger charge is 2.03. The van der Waals surface area contributed by atoms with Crippen LogP contribution in [0.25, 0.3) is 0 Å². The highest BCUT2D eigenvalue weighted by molar-refractivity contribution is 5.48. The monoisotopic (exact) mass is 258 g/mol. The SMILES string of the molecule is Cc1ccc(CN(C)Cc2ccc(F)cc2)cc1N. The van der Waals surface area contributed by atoms with E-state index < -0.39 is 0 Å². The van der Waals surface area contributed by atoms with Crippen molar-refractivity contribution in [3.8, 4) is 0 Å². The second kappa shape index (κ2) is 5.85. The summed E-state index contributed by atoms with van der Waals surface area (Å²) in [6, 6.07) is 12.8. The van der Waals surface area contributed by atoms with Gasteiger partial charge in [0.1, 0.15) is 5.82 Å². The molecule has 0 spiro atoms. The summed E-state index contributed by atoms with van der Waals surface area (Å²) in [5.41, 5.74) is 10.1. The van der Waals surface area contributed by atoms with Crippen molar-refractivity contribution in [1.29, 1.82) is 0 Å². The van der Waals surface area contributed by atoms with Crippen LogP contribution in [-0.2, 0) is 13.1 Å². The van der Waals surface area contributed by atoms with Crippen LogP contribution in [0.1, 0.15) is 16.7 Å². The minimum atomic E-state index is -0.197. The van der Waals surface area contributed by atoms with Gasteiger partial charge in [0.15, 0.2) is 0 Å². The zero-order valence-electron chi connectivity index (χ0n) is 11.4. The van der Waals surface area contributed by atoms with Crippen LogP contribution in [0.15, 0.2) is 42.5 Å². The van der Waals surface area contributed by atoms with Gasteiger partial charge in [0, 0.05) is 18.8 Å². The Labute approximate surface area is 113 Å². The number of nitrogen functional groups attached to an aromatic ring is 1. The van der Waals surface area contributed by atoms with E-state index in [9.17, 15) is 4.39 Å². The maximum absolute atomic E-state index is 12.8. The zero-order chi connectivity index (χ0) is 13.8. The smallest absolute Gasteiger partial charge is 0.123 e. The minimum absolute atomic E-state index is 0.197. The Bertz CT molecular complexity index is 549. The number of hydrogen-bond donors (Lipinski definition) is 1. The first kappa shape index (κ1) is 13.6. The summed E-state index contributed by atoms with van der Waals surface area (Å²) in [5, 5.41) is 0. The lowest BCUT2D eigenvalue weighted by molar-refractivity contribution is 0.319. The molecule has 0 aliphatic heterocycles. The molecule has 2 N–H and O–H groups in total. The average Bonchev–Trinajstić information content (AvgIpc) is 2.37. The van der Waals surface area contributed by atoms with Gasteiger partial charge in [-0.3, -0.25) is 4.90 Å². The Morgan fingerprint density at radius 3 is 2.21 bits per heavy atom. The van der Waals surface area contributed by atoms with Gasteiger partial charge >= 0.3 is 0 Å². The first-order valence-electron chi connectivity index (χ1n) is 6.32. The third kappa shape index (κ3) is 3.80. The molecule has 19 heavy (non-hydrogen) atoms. The molecule has 2 nitrogen and oxygen atoms in total. The fourth-order valence-electron chi connectivity index (χ4n) is 2.06. The lowest BCUT2D eigenvalue weighted by Gasteiger charge is -2.17. The Balaban J connectivity index is 1.98. The summed E-state index contributed by atoms with van der Waals surface area (Å²) in [5.74, 6) is -0.197. The Kier molecular flexibility index (Phi) is 4.17. The molecule has 0 atom stereocenters. The number of anilines is 1. The molecule has 0 aliphatic carbocycles. The summed E-state index contributed by atoms with van der Waals surface area (Å²) >= 11 is 0. The number of rotatable bonds is 4. The van der Waals surface area contributed by atoms with Gasteiger partial charge in [0.25, 0.3) is 0 Å². The minimum Gasteiger partial charge on any atom is -0.399 e. The summed E-state index contributed by atoms with van der Waals surface area (Å²) < 4.78 is 12.8. The van der Waals surface area contributed by atoms with Crippen molar-refractivity contribution in [3.63, 3.8) is 0 Å². The second-order valence-electron chi connectivity index (χ2n) is 4.99. The molecule has 0 aromatic heterocycles. The molecule has 2 rings (SSSR count). The van der Waals surface area contributed by atoms with Gasteiger partial charge < -0.3 is 5.73 Å². The van der Waals surface area contributed by atoms with Crippen LogP contribution in [0.3, 0.4) is 0 Å². The van der Waals surface area contributed by atoms with Crippen molar-refractivity contribution in [1.82, 2.24) is 4.90 Å². The molecule has 0 bridgehead atoms. The number of hydrogen-bond acceptors (Lipinski definition) is 2. The fourth-order valence-corrected chi connectivity index (χ4v) is 2.06. The molecule has 3 heteroatoms. The molecule has 0 saturated heterocycles. The first-order chi connectivity index (χ1) is 9.04. The number of nitrogens with two attached hydrogens (primary N) is 1. The Morgan fingerprint density at radius 2 is 1.58 bits per heavy atom. The van der Waals surface area contributed by atoms with E-state index in [-0.39, 0.29) is 5.82 Å². The van der Waals surface area contributed by atoms with Crippen LogP contribution in [0.4, 0.5) is 10.1 Å². The summed E-state index contributed by atoms with van der Waals surface area (Å²) in [6.45, 7) is 3.61. The fraction of sp³-hybridized carbons (Fsp3) is 0.250.